The van der Waals surface area contributed by atoms with Crippen molar-refractivity contribution in [3.8, 4) is 0 Å². The van der Waals surface area contributed by atoms with E-state index < -0.39 is 5.97 Å². The number of ether oxygens (including phenoxy) is 1. The van der Waals surface area contributed by atoms with Crippen LogP contribution in [0, 0.1) is 0 Å². The number of Topliss-reactive ketones (excluding diaryl/α,β-unsaturated/α-hetero) is 1. The molecule has 0 N–H and O–H groups in total. The fourth-order valence-electron chi connectivity index (χ4n) is 0.835. The van der Waals surface area contributed by atoms with Crippen LogP contribution in [0.25, 0.3) is 0 Å². The summed E-state index contributed by atoms with van der Waals surface area (Å²) in [7, 11) is 1.26. The molecule has 0 aromatic carbocycles. The van der Waals surface area contributed by atoms with Crippen LogP contribution in [-0.2, 0) is 14.3 Å². The highest BCUT2D eigenvalue weighted by Crippen LogP contribution is 2.03. The average Bonchev–Trinajstić information content (AvgIpc) is 2.28. The number of hydrogen-bond donors (Lipinski definition) is 0. The highest BCUT2D eigenvalue weighted by molar-refractivity contribution is 6.07. The average molecular weight is 212 g/mol. The predicted octanol–water partition coefficient (Wildman–Crippen LogP) is 2.67. The Balaban J connectivity index is 0. The molecule has 0 radical (unpaired) electrons. The predicted molar refractivity (Wildman–Crippen MR) is 61.6 cm³/mol. The van der Waals surface area contributed by atoms with Gasteiger partial charge >= 0.3 is 5.97 Å². The molecule has 0 aromatic rings. The van der Waals surface area contributed by atoms with Gasteiger partial charge in [0.25, 0.3) is 0 Å². The number of allylic oxidation sites excluding steroid dienone is 4. The Kier molecular flexibility index (Phi) is 11.5. The number of carbonyl (C=O) groups excluding carboxylic acids is 2. The zero-order valence-corrected chi connectivity index (χ0v) is 10.2. The van der Waals surface area contributed by atoms with Crippen molar-refractivity contribution >= 4 is 11.8 Å². The summed E-state index contributed by atoms with van der Waals surface area (Å²) >= 11 is 0. The van der Waals surface area contributed by atoms with Gasteiger partial charge < -0.3 is 4.74 Å². The van der Waals surface area contributed by atoms with Crippen LogP contribution in [0.3, 0.4) is 0 Å². The Hall–Kier alpha value is -1.38. The van der Waals surface area contributed by atoms with E-state index in [9.17, 15) is 9.59 Å². The molecule has 0 atom stereocenters. The highest BCUT2D eigenvalue weighted by atomic mass is 16.5. The second-order valence-electron chi connectivity index (χ2n) is 2.42. The van der Waals surface area contributed by atoms with Crippen molar-refractivity contribution in [1.82, 2.24) is 0 Å². The van der Waals surface area contributed by atoms with Gasteiger partial charge in [-0.3, -0.25) is 9.59 Å². The van der Waals surface area contributed by atoms with Gasteiger partial charge in [0, 0.05) is 5.57 Å². The van der Waals surface area contributed by atoms with Crippen LogP contribution in [0.1, 0.15) is 34.1 Å². The maximum atomic E-state index is 11.3. The summed E-state index contributed by atoms with van der Waals surface area (Å²) in [6.45, 7) is 7.57. The van der Waals surface area contributed by atoms with Gasteiger partial charge in [0.1, 0.15) is 6.42 Å². The molecule has 3 nitrogen and oxygen atoms in total. The Labute approximate surface area is 91.8 Å². The zero-order chi connectivity index (χ0) is 12.3. The standard InChI is InChI=1S/C10H14O3.C2H6/c1-4-6-8(5-2)9(11)7-10(12)13-3;1-2/h4-6H,7H2,1-3H3;1-2H3/b6-4-,8-5+;. The van der Waals surface area contributed by atoms with Gasteiger partial charge in [0.2, 0.25) is 0 Å². The van der Waals surface area contributed by atoms with Crippen molar-refractivity contribution in [3.63, 3.8) is 0 Å². The number of ketones is 1. The van der Waals surface area contributed by atoms with Crippen LogP contribution in [0.5, 0.6) is 0 Å². The molecule has 0 bridgehead atoms. The lowest BCUT2D eigenvalue weighted by Crippen LogP contribution is -2.10. The third-order valence-electron chi connectivity index (χ3n) is 1.51. The van der Waals surface area contributed by atoms with E-state index in [-0.39, 0.29) is 12.2 Å². The van der Waals surface area contributed by atoms with Gasteiger partial charge in [-0.15, -0.1) is 0 Å². The normalized spacial score (nSPS) is 10.6. The molecule has 15 heavy (non-hydrogen) atoms. The first-order valence-corrected chi connectivity index (χ1v) is 5.04. The number of rotatable bonds is 4. The van der Waals surface area contributed by atoms with Crippen molar-refractivity contribution < 1.29 is 14.3 Å². The molecule has 0 aliphatic heterocycles. The maximum Gasteiger partial charge on any atom is 0.313 e. The molecule has 0 aliphatic rings. The van der Waals surface area contributed by atoms with E-state index in [0.717, 1.165) is 0 Å². The van der Waals surface area contributed by atoms with E-state index in [0.29, 0.717) is 5.57 Å². The largest absolute Gasteiger partial charge is 0.469 e. The fraction of sp³-hybridized carbons (Fsp3) is 0.500. The zero-order valence-electron chi connectivity index (χ0n) is 10.2. The molecule has 0 heterocycles. The molecule has 0 saturated heterocycles. The smallest absolute Gasteiger partial charge is 0.313 e. The molecule has 3 heteroatoms. The van der Waals surface area contributed by atoms with Crippen LogP contribution in [0.15, 0.2) is 23.8 Å². The molecule has 0 aliphatic carbocycles. The molecule has 86 valence electrons. The monoisotopic (exact) mass is 212 g/mol. The van der Waals surface area contributed by atoms with Crippen molar-refractivity contribution in [2.24, 2.45) is 0 Å². The Bertz CT molecular complexity index is 250. The number of methoxy groups -OCH3 is 1. The topological polar surface area (TPSA) is 43.4 Å². The molecular formula is C12H20O3. The summed E-state index contributed by atoms with van der Waals surface area (Å²) in [5, 5.41) is 0. The van der Waals surface area contributed by atoms with E-state index in [1.165, 1.54) is 7.11 Å². The molecule has 0 rings (SSSR count). The van der Waals surface area contributed by atoms with Crippen molar-refractivity contribution in [2.45, 2.75) is 34.1 Å². The summed E-state index contributed by atoms with van der Waals surface area (Å²) in [5.41, 5.74) is 0.535. The molecule has 0 spiro atoms. The van der Waals surface area contributed by atoms with Gasteiger partial charge in [-0.2, -0.15) is 0 Å². The number of esters is 1. The summed E-state index contributed by atoms with van der Waals surface area (Å²) in [4.78, 5) is 22.1. The van der Waals surface area contributed by atoms with Crippen molar-refractivity contribution in [2.75, 3.05) is 7.11 Å². The van der Waals surface area contributed by atoms with Gasteiger partial charge in [0.05, 0.1) is 7.11 Å². The minimum absolute atomic E-state index is 0.194. The first-order chi connectivity index (χ1) is 7.15. The lowest BCUT2D eigenvalue weighted by Gasteiger charge is -1.99. The van der Waals surface area contributed by atoms with E-state index >= 15 is 0 Å². The minimum atomic E-state index is -0.506. The van der Waals surface area contributed by atoms with Gasteiger partial charge in [0.15, 0.2) is 5.78 Å². The highest BCUT2D eigenvalue weighted by Gasteiger charge is 2.11. The fourth-order valence-corrected chi connectivity index (χ4v) is 0.835. The van der Waals surface area contributed by atoms with Crippen molar-refractivity contribution in [3.05, 3.63) is 23.8 Å². The van der Waals surface area contributed by atoms with Crippen LogP contribution >= 0.6 is 0 Å². The molecule has 0 aromatic heterocycles. The molecule has 0 fully saturated rings. The Morgan fingerprint density at radius 1 is 1.20 bits per heavy atom. The third-order valence-corrected chi connectivity index (χ3v) is 1.51. The number of carbonyl (C=O) groups is 2. The summed E-state index contributed by atoms with van der Waals surface area (Å²) in [5.74, 6) is -0.721. The van der Waals surface area contributed by atoms with E-state index in [4.69, 9.17) is 0 Å². The van der Waals surface area contributed by atoms with Crippen LogP contribution in [-0.4, -0.2) is 18.9 Å². The van der Waals surface area contributed by atoms with Crippen molar-refractivity contribution in [1.29, 1.82) is 0 Å². The lowest BCUT2D eigenvalue weighted by molar-refractivity contribution is -0.142. The second kappa shape index (κ2) is 10.7. The van der Waals surface area contributed by atoms with E-state index in [2.05, 4.69) is 4.74 Å². The lowest BCUT2D eigenvalue weighted by atomic mass is 10.1. The second-order valence-corrected chi connectivity index (χ2v) is 2.42. The summed E-state index contributed by atoms with van der Waals surface area (Å²) in [6.07, 6.45) is 4.90. The first-order valence-electron chi connectivity index (χ1n) is 5.04. The molecule has 0 amide bonds. The van der Waals surface area contributed by atoms with E-state index in [1.54, 1.807) is 25.2 Å². The summed E-state index contributed by atoms with van der Waals surface area (Å²) < 4.78 is 4.38. The Morgan fingerprint density at radius 2 is 1.73 bits per heavy atom. The summed E-state index contributed by atoms with van der Waals surface area (Å²) in [6, 6.07) is 0. The van der Waals surface area contributed by atoms with Gasteiger partial charge in [-0.25, -0.2) is 0 Å². The molecule has 0 saturated carbocycles. The van der Waals surface area contributed by atoms with Crippen LogP contribution in [0.2, 0.25) is 0 Å². The van der Waals surface area contributed by atoms with Gasteiger partial charge in [-0.1, -0.05) is 32.1 Å². The van der Waals surface area contributed by atoms with Crippen LogP contribution in [0.4, 0.5) is 0 Å². The molecular weight excluding hydrogens is 192 g/mol. The third kappa shape index (κ3) is 7.67. The minimum Gasteiger partial charge on any atom is -0.469 e. The number of hydrogen-bond acceptors (Lipinski definition) is 3. The van der Waals surface area contributed by atoms with E-state index in [1.807, 2.05) is 20.8 Å². The van der Waals surface area contributed by atoms with Gasteiger partial charge in [-0.05, 0) is 13.8 Å². The first kappa shape index (κ1) is 16.1. The maximum absolute atomic E-state index is 11.3. The Morgan fingerprint density at radius 3 is 2.07 bits per heavy atom. The van der Waals surface area contributed by atoms with Crippen LogP contribution < -0.4 is 0 Å². The molecule has 0 unspecified atom stereocenters. The SMILES string of the molecule is C/C=C\C(=C/C)C(=O)CC(=O)OC.CC. The quantitative estimate of drug-likeness (QED) is 0.311.